The number of pyridine rings is 6. The molecule has 0 spiro atoms. The number of fused-ring (bicyclic) bond motifs is 6. The maximum Gasteiger partial charge on any atom is 1.00 e. The van der Waals surface area contributed by atoms with Gasteiger partial charge >= 0.3 is 25.4 Å². The topological polar surface area (TPSA) is 127 Å². The molecule has 8 aromatic rings. The largest absolute Gasteiger partial charge is 1.00 e. The molecule has 0 unspecified atom stereocenters. The van der Waals surface area contributed by atoms with E-state index < -0.39 is 5.97 Å². The molecule has 0 aliphatic carbocycles. The third-order valence-electron chi connectivity index (χ3n) is 7.95. The van der Waals surface area contributed by atoms with Crippen molar-refractivity contribution in [3.63, 3.8) is 0 Å². The Bertz CT molecular complexity index is 2270. The first-order chi connectivity index (χ1) is 26.7. The van der Waals surface area contributed by atoms with Gasteiger partial charge in [0.1, 0.15) is 0 Å². The summed E-state index contributed by atoms with van der Waals surface area (Å²) in [4.78, 5) is 41.7. The van der Waals surface area contributed by atoms with Gasteiger partial charge in [0.2, 0.25) is 0 Å². The molecule has 9 rings (SSSR count). The Morgan fingerprint density at radius 1 is 0.526 bits per heavy atom. The minimum atomic E-state index is -0.928. The van der Waals surface area contributed by atoms with Crippen LogP contribution in [0.4, 0.5) is 5.69 Å². The predicted molar refractivity (Wildman–Crippen MR) is 218 cm³/mol. The number of benzene rings is 2. The minimum Gasteiger partial charge on any atom is -0.478 e. The fourth-order valence-corrected chi connectivity index (χ4v) is 5.59. The molecule has 12 heteroatoms. The number of carboxylic acid groups (broad SMARTS) is 1. The second-order valence-electron chi connectivity index (χ2n) is 11.1. The Balaban J connectivity index is 0.000000306. The number of hydrogen-bond acceptors (Lipinski definition) is 8. The van der Waals surface area contributed by atoms with E-state index in [0.29, 0.717) is 6.42 Å². The van der Waals surface area contributed by atoms with Crippen molar-refractivity contribution in [1.82, 2.24) is 29.9 Å². The number of carboxylic acids is 1. The summed E-state index contributed by atoms with van der Waals surface area (Å²) in [5, 5.41) is 11.1. The van der Waals surface area contributed by atoms with Crippen molar-refractivity contribution in [2.45, 2.75) is 27.2 Å². The van der Waals surface area contributed by atoms with Gasteiger partial charge in [0, 0.05) is 93.3 Å². The van der Waals surface area contributed by atoms with E-state index in [4.69, 9.17) is 10.1 Å². The van der Waals surface area contributed by atoms with E-state index in [1.807, 2.05) is 117 Å². The zero-order valence-corrected chi connectivity index (χ0v) is 36.7. The zero-order valence-electron chi connectivity index (χ0n) is 31.5. The molecule has 0 amide bonds. The van der Waals surface area contributed by atoms with Crippen LogP contribution in [-0.2, 0) is 64.9 Å². The van der Waals surface area contributed by atoms with Crippen molar-refractivity contribution in [2.24, 2.45) is 4.99 Å². The van der Waals surface area contributed by atoms with E-state index in [-0.39, 0.29) is 64.0 Å². The molecule has 2 aromatic carbocycles. The van der Waals surface area contributed by atoms with E-state index in [9.17, 15) is 4.79 Å². The molecule has 0 atom stereocenters. The Morgan fingerprint density at radius 2 is 0.912 bits per heavy atom. The van der Waals surface area contributed by atoms with Crippen LogP contribution in [0.3, 0.4) is 0 Å². The Kier molecular flexibility index (Phi) is 21.2. The molecule has 6 aromatic heterocycles. The first-order valence-electron chi connectivity index (χ1n) is 17.6. The summed E-state index contributed by atoms with van der Waals surface area (Å²) in [5.74, 6) is -0.928. The minimum absolute atomic E-state index is 0. The van der Waals surface area contributed by atoms with Crippen molar-refractivity contribution in [2.75, 3.05) is 0 Å². The Hall–Kier alpha value is -5.13. The van der Waals surface area contributed by atoms with Crippen molar-refractivity contribution in [3.05, 3.63) is 182 Å². The van der Waals surface area contributed by atoms with Gasteiger partial charge in [0.15, 0.2) is 0 Å². The van der Waals surface area contributed by atoms with Crippen LogP contribution in [0.5, 0.6) is 0 Å². The van der Waals surface area contributed by atoms with E-state index in [1.54, 1.807) is 56.2 Å². The fourth-order valence-electron chi connectivity index (χ4n) is 5.59. The average Bonchev–Trinajstić information content (AvgIpc) is 3.73. The van der Waals surface area contributed by atoms with E-state index in [2.05, 4.69) is 42.9 Å². The van der Waals surface area contributed by atoms with Crippen LogP contribution >= 0.6 is 0 Å². The summed E-state index contributed by atoms with van der Waals surface area (Å²) in [7, 11) is 0. The van der Waals surface area contributed by atoms with Crippen LogP contribution in [0.25, 0.3) is 44.6 Å². The number of nitrogens with zero attached hydrogens (tertiary/aromatic N) is 7. The standard InChI is InChI=1S/C21H13N3O2.2C10H8N2.C2H6.C2H5.3Ru/c25-21(26)13-7-5-12(6-8-13)17-11-16-14-3-1-9-22-19(14)20-15(18(16)24-17)4-2-10-23-20;2*1-3-7-11-9(5-1)10-6-2-4-8-12-10;2*1-2;;;/h1-10H,11H2,(H,25,26);2*1-8H;1-2H3;1H2,2H3;;;/q;;;;-1;;;+1. The predicted octanol–water partition coefficient (Wildman–Crippen LogP) is 10.3. The average molecular weight is 1010 g/mol. The number of aliphatic imine (C=N–C) groups is 1. The van der Waals surface area contributed by atoms with E-state index in [0.717, 1.165) is 67.1 Å². The van der Waals surface area contributed by atoms with Crippen LogP contribution in [0, 0.1) is 6.92 Å². The number of aromatic nitrogens is 6. The monoisotopic (exact) mass is 1020 g/mol. The molecule has 0 saturated heterocycles. The quantitative estimate of drug-likeness (QED) is 0.105. The van der Waals surface area contributed by atoms with Crippen LogP contribution in [0.2, 0.25) is 0 Å². The summed E-state index contributed by atoms with van der Waals surface area (Å²) in [6, 6.07) is 38.0. The second-order valence-corrected chi connectivity index (χ2v) is 11.1. The summed E-state index contributed by atoms with van der Waals surface area (Å²) in [6.45, 7) is 9.00. The van der Waals surface area contributed by atoms with Crippen molar-refractivity contribution >= 4 is 39.2 Å². The molecule has 0 fully saturated rings. The molecule has 57 heavy (non-hydrogen) atoms. The molecule has 1 aliphatic rings. The molecule has 7 heterocycles. The molecular formula is C45H40N7O2Ru3. The normalized spacial score (nSPS) is 10.2. The number of rotatable bonds is 4. The van der Waals surface area contributed by atoms with Crippen LogP contribution in [-0.4, -0.2) is 46.7 Å². The molecule has 0 saturated carbocycles. The zero-order chi connectivity index (χ0) is 38.1. The molecule has 1 N–H and O–H groups in total. The van der Waals surface area contributed by atoms with Gasteiger partial charge in [-0.25, -0.2) is 4.79 Å². The molecular weight excluding hydrogens is 974 g/mol. The van der Waals surface area contributed by atoms with Gasteiger partial charge in [-0.3, -0.25) is 34.9 Å². The molecule has 1 radical (unpaired) electrons. The van der Waals surface area contributed by atoms with Crippen LogP contribution in [0.1, 0.15) is 42.3 Å². The van der Waals surface area contributed by atoms with Gasteiger partial charge in [-0.1, -0.05) is 56.3 Å². The number of aromatic carboxylic acids is 1. The fraction of sp³-hybridized carbons (Fsp3) is 0.0889. The Labute approximate surface area is 371 Å². The molecule has 0 bridgehead atoms. The van der Waals surface area contributed by atoms with Crippen molar-refractivity contribution < 1.29 is 68.3 Å². The first-order valence-corrected chi connectivity index (χ1v) is 17.6. The molecule has 9 nitrogen and oxygen atoms in total. The van der Waals surface area contributed by atoms with Gasteiger partial charge in [0.05, 0.1) is 50.8 Å². The maximum absolute atomic E-state index is 11.1. The van der Waals surface area contributed by atoms with Gasteiger partial charge in [0.25, 0.3) is 0 Å². The number of hydrogen-bond donors (Lipinski definition) is 1. The molecule has 1 aliphatic heterocycles. The first kappa shape index (κ1) is 48.0. The Morgan fingerprint density at radius 3 is 1.30 bits per heavy atom. The summed E-state index contributed by atoms with van der Waals surface area (Å²) in [6.07, 6.45) is 11.3. The van der Waals surface area contributed by atoms with Gasteiger partial charge in [-0.15, -0.1) is 0 Å². The summed E-state index contributed by atoms with van der Waals surface area (Å²) >= 11 is 0. The van der Waals surface area contributed by atoms with E-state index >= 15 is 0 Å². The summed E-state index contributed by atoms with van der Waals surface area (Å²) in [5.41, 5.74) is 9.62. The van der Waals surface area contributed by atoms with Gasteiger partial charge in [-0.05, 0) is 90.0 Å². The van der Waals surface area contributed by atoms with Crippen molar-refractivity contribution in [3.8, 4) is 22.8 Å². The van der Waals surface area contributed by atoms with E-state index in [1.165, 1.54) is 0 Å². The van der Waals surface area contributed by atoms with Gasteiger partial charge < -0.3 is 12.0 Å². The molecule has 291 valence electrons. The smallest absolute Gasteiger partial charge is 0.478 e. The summed E-state index contributed by atoms with van der Waals surface area (Å²) < 4.78 is 0. The van der Waals surface area contributed by atoms with Gasteiger partial charge in [-0.2, -0.15) is 6.92 Å². The van der Waals surface area contributed by atoms with Crippen LogP contribution in [0.15, 0.2) is 164 Å². The maximum atomic E-state index is 11.1. The SMILES string of the molecule is CC.O=C(O)c1ccc(C2=Nc3c(c4cccnc4c4ncccc34)C2)cc1.[CH2-]C.[Ru+].[Ru].[Ru].c1ccc(-c2ccccn2)nc1.c1ccc(-c2ccccn2)nc1. The van der Waals surface area contributed by atoms with Crippen LogP contribution < -0.4 is 0 Å². The third kappa shape index (κ3) is 12.4. The second kappa shape index (κ2) is 25.2. The van der Waals surface area contributed by atoms with Crippen molar-refractivity contribution in [1.29, 1.82) is 0 Å². The number of carbonyl (C=O) groups is 1. The third-order valence-corrected chi connectivity index (χ3v) is 7.95.